The van der Waals surface area contributed by atoms with E-state index in [0.29, 0.717) is 19.0 Å². The summed E-state index contributed by atoms with van der Waals surface area (Å²) in [6.45, 7) is 2.14. The van der Waals surface area contributed by atoms with Crippen molar-refractivity contribution in [3.05, 3.63) is 0 Å². The fourth-order valence-electron chi connectivity index (χ4n) is 1.55. The van der Waals surface area contributed by atoms with Crippen LogP contribution in [0.2, 0.25) is 0 Å². The maximum Gasteiger partial charge on any atom is 0.330 e. The summed E-state index contributed by atoms with van der Waals surface area (Å²) in [5.74, 6) is 0. The molecule has 1 N–H and O–H groups in total. The lowest BCUT2D eigenvalue weighted by Gasteiger charge is -2.14. The van der Waals surface area contributed by atoms with Crippen LogP contribution in [0.25, 0.3) is 0 Å². The van der Waals surface area contributed by atoms with E-state index in [1.165, 1.54) is 14.2 Å². The fourth-order valence-corrected chi connectivity index (χ4v) is 2.64. The zero-order valence-corrected chi connectivity index (χ0v) is 11.5. The van der Waals surface area contributed by atoms with Crippen molar-refractivity contribution in [1.82, 2.24) is 0 Å². The van der Waals surface area contributed by atoms with E-state index in [9.17, 15) is 9.67 Å². The highest BCUT2D eigenvalue weighted by molar-refractivity contribution is 7.53. The minimum atomic E-state index is -2.88. The van der Waals surface area contributed by atoms with Crippen molar-refractivity contribution in [2.75, 3.05) is 20.4 Å². The molecule has 1 atom stereocenters. The second-order valence-electron chi connectivity index (χ2n) is 3.99. The van der Waals surface area contributed by atoms with Gasteiger partial charge in [-0.3, -0.25) is 4.57 Å². The molecular formula is C11H25O4P. The van der Waals surface area contributed by atoms with Gasteiger partial charge < -0.3 is 14.2 Å². The first-order valence-electron chi connectivity index (χ1n) is 5.96. The van der Waals surface area contributed by atoms with E-state index in [1.54, 1.807) is 0 Å². The Morgan fingerprint density at radius 1 is 1.12 bits per heavy atom. The molecular weight excluding hydrogens is 227 g/mol. The van der Waals surface area contributed by atoms with E-state index < -0.39 is 7.60 Å². The Bertz CT molecular complexity index is 200. The number of rotatable bonds is 10. The molecule has 0 aromatic heterocycles. The average molecular weight is 252 g/mol. The van der Waals surface area contributed by atoms with Gasteiger partial charge in [-0.05, 0) is 19.3 Å². The van der Waals surface area contributed by atoms with Gasteiger partial charge in [0.15, 0.2) is 0 Å². The van der Waals surface area contributed by atoms with Crippen LogP contribution in [0.3, 0.4) is 0 Å². The van der Waals surface area contributed by atoms with Gasteiger partial charge in [-0.15, -0.1) is 0 Å². The van der Waals surface area contributed by atoms with E-state index in [2.05, 4.69) is 6.92 Å². The number of aliphatic hydroxyl groups excluding tert-OH is 1. The summed E-state index contributed by atoms with van der Waals surface area (Å²) in [5.41, 5.74) is 0. The van der Waals surface area contributed by atoms with Crippen LogP contribution in [0.4, 0.5) is 0 Å². The van der Waals surface area contributed by atoms with Gasteiger partial charge in [0.25, 0.3) is 0 Å². The highest BCUT2D eigenvalue weighted by atomic mass is 31.2. The first kappa shape index (κ1) is 16.1. The van der Waals surface area contributed by atoms with Crippen LogP contribution in [0.1, 0.15) is 45.4 Å². The predicted molar refractivity (Wildman–Crippen MR) is 65.9 cm³/mol. The Balaban J connectivity index is 3.60. The quantitative estimate of drug-likeness (QED) is 0.479. The average Bonchev–Trinajstić information content (AvgIpc) is 2.29. The predicted octanol–water partition coefficient (Wildman–Crippen LogP) is 3.19. The first-order chi connectivity index (χ1) is 7.58. The molecule has 0 saturated carbocycles. The van der Waals surface area contributed by atoms with Crippen molar-refractivity contribution >= 4 is 7.60 Å². The van der Waals surface area contributed by atoms with Crippen molar-refractivity contribution < 1.29 is 18.7 Å². The molecule has 0 radical (unpaired) electrons. The number of hydrogen-bond donors (Lipinski definition) is 1. The lowest BCUT2D eigenvalue weighted by molar-refractivity contribution is 0.149. The fraction of sp³-hybridized carbons (Fsp3) is 1.00. The van der Waals surface area contributed by atoms with Crippen LogP contribution in [0, 0.1) is 0 Å². The maximum absolute atomic E-state index is 11.7. The summed E-state index contributed by atoms with van der Waals surface area (Å²) in [6.07, 6.45) is 5.65. The molecule has 0 aliphatic heterocycles. The van der Waals surface area contributed by atoms with E-state index in [1.807, 2.05) is 0 Å². The van der Waals surface area contributed by atoms with Gasteiger partial charge >= 0.3 is 7.60 Å². The monoisotopic (exact) mass is 252 g/mol. The molecule has 0 aromatic rings. The molecule has 0 rings (SSSR count). The van der Waals surface area contributed by atoms with Crippen molar-refractivity contribution in [3.63, 3.8) is 0 Å². The van der Waals surface area contributed by atoms with Crippen LogP contribution >= 0.6 is 7.60 Å². The van der Waals surface area contributed by atoms with E-state index in [0.717, 1.165) is 25.7 Å². The molecule has 98 valence electrons. The molecule has 0 aliphatic rings. The SMILES string of the molecule is CCCCCC(O)CCCP(=O)(OC)OC. The first-order valence-corrected chi connectivity index (χ1v) is 7.69. The molecule has 0 spiro atoms. The molecule has 0 aliphatic carbocycles. The normalized spacial score (nSPS) is 14.0. The third kappa shape index (κ3) is 7.39. The molecule has 0 saturated heterocycles. The Labute approximate surface area is 98.9 Å². The standard InChI is InChI=1S/C11H25O4P/c1-4-5-6-8-11(12)9-7-10-16(13,14-2)15-3/h11-12H,4-10H2,1-3H3. The Morgan fingerprint density at radius 3 is 2.19 bits per heavy atom. The van der Waals surface area contributed by atoms with Gasteiger partial charge in [0.1, 0.15) is 0 Å². The van der Waals surface area contributed by atoms with Crippen LogP contribution in [0.15, 0.2) is 0 Å². The molecule has 5 heteroatoms. The van der Waals surface area contributed by atoms with Gasteiger partial charge in [0, 0.05) is 14.2 Å². The lowest BCUT2D eigenvalue weighted by Crippen LogP contribution is -2.07. The number of unbranched alkanes of at least 4 members (excludes halogenated alkanes) is 2. The van der Waals surface area contributed by atoms with Gasteiger partial charge in [-0.2, -0.15) is 0 Å². The van der Waals surface area contributed by atoms with Gasteiger partial charge in [0.2, 0.25) is 0 Å². The Hall–Kier alpha value is 0.110. The number of aliphatic hydroxyl groups is 1. The smallest absolute Gasteiger partial charge is 0.330 e. The third-order valence-electron chi connectivity index (χ3n) is 2.67. The van der Waals surface area contributed by atoms with Gasteiger partial charge in [-0.25, -0.2) is 0 Å². The Kier molecular flexibility index (Phi) is 9.24. The van der Waals surface area contributed by atoms with Crippen LogP contribution in [-0.4, -0.2) is 31.6 Å². The minimum Gasteiger partial charge on any atom is -0.393 e. The summed E-state index contributed by atoms with van der Waals surface area (Å²) in [6, 6.07) is 0. The molecule has 0 bridgehead atoms. The second-order valence-corrected chi connectivity index (χ2v) is 6.39. The van der Waals surface area contributed by atoms with E-state index in [-0.39, 0.29) is 6.10 Å². The molecule has 0 amide bonds. The van der Waals surface area contributed by atoms with E-state index >= 15 is 0 Å². The Morgan fingerprint density at radius 2 is 1.69 bits per heavy atom. The molecule has 0 aromatic carbocycles. The largest absolute Gasteiger partial charge is 0.393 e. The van der Waals surface area contributed by atoms with Crippen LogP contribution in [0.5, 0.6) is 0 Å². The molecule has 1 unspecified atom stereocenters. The summed E-state index contributed by atoms with van der Waals surface area (Å²) in [5, 5.41) is 9.65. The highest BCUT2D eigenvalue weighted by Gasteiger charge is 2.20. The third-order valence-corrected chi connectivity index (χ3v) is 4.64. The summed E-state index contributed by atoms with van der Waals surface area (Å²) >= 11 is 0. The maximum atomic E-state index is 11.7. The van der Waals surface area contributed by atoms with Gasteiger partial charge in [-0.1, -0.05) is 26.2 Å². The van der Waals surface area contributed by atoms with Crippen LogP contribution < -0.4 is 0 Å². The summed E-state index contributed by atoms with van der Waals surface area (Å²) < 4.78 is 21.3. The summed E-state index contributed by atoms with van der Waals surface area (Å²) in [7, 11) is -0.0985. The zero-order valence-electron chi connectivity index (χ0n) is 10.6. The van der Waals surface area contributed by atoms with Crippen molar-refractivity contribution in [2.45, 2.75) is 51.6 Å². The highest BCUT2D eigenvalue weighted by Crippen LogP contribution is 2.47. The van der Waals surface area contributed by atoms with Crippen molar-refractivity contribution in [3.8, 4) is 0 Å². The second kappa shape index (κ2) is 9.17. The molecule has 4 nitrogen and oxygen atoms in total. The van der Waals surface area contributed by atoms with E-state index in [4.69, 9.17) is 9.05 Å². The van der Waals surface area contributed by atoms with Crippen molar-refractivity contribution in [2.24, 2.45) is 0 Å². The molecule has 0 fully saturated rings. The van der Waals surface area contributed by atoms with Crippen LogP contribution in [-0.2, 0) is 13.6 Å². The molecule has 0 heterocycles. The minimum absolute atomic E-state index is 0.284. The number of hydrogen-bond acceptors (Lipinski definition) is 4. The lowest BCUT2D eigenvalue weighted by atomic mass is 10.1. The zero-order chi connectivity index (χ0) is 12.4. The molecule has 16 heavy (non-hydrogen) atoms. The topological polar surface area (TPSA) is 55.8 Å². The van der Waals surface area contributed by atoms with Crippen molar-refractivity contribution in [1.29, 1.82) is 0 Å². The van der Waals surface area contributed by atoms with Gasteiger partial charge in [0.05, 0.1) is 12.3 Å². The summed E-state index contributed by atoms with van der Waals surface area (Å²) in [4.78, 5) is 0.